The zero-order valence-corrected chi connectivity index (χ0v) is 13.5. The molecule has 0 unspecified atom stereocenters. The van der Waals surface area contributed by atoms with E-state index in [0.717, 1.165) is 18.4 Å². The molecule has 25 heavy (non-hydrogen) atoms. The fourth-order valence-corrected chi connectivity index (χ4v) is 3.09. The van der Waals surface area contributed by atoms with E-state index in [1.54, 1.807) is 11.1 Å². The Morgan fingerprint density at radius 3 is 2.64 bits per heavy atom. The summed E-state index contributed by atoms with van der Waals surface area (Å²) in [6.07, 6.45) is 3.46. The van der Waals surface area contributed by atoms with Gasteiger partial charge in [0.2, 0.25) is 17.7 Å². The van der Waals surface area contributed by atoms with Gasteiger partial charge in [0.25, 0.3) is 0 Å². The van der Waals surface area contributed by atoms with Crippen molar-refractivity contribution < 1.29 is 14.4 Å². The highest BCUT2D eigenvalue weighted by molar-refractivity contribution is 6.06. The Balaban J connectivity index is 1.50. The summed E-state index contributed by atoms with van der Waals surface area (Å²) in [7, 11) is 0. The van der Waals surface area contributed by atoms with Crippen molar-refractivity contribution in [3.63, 3.8) is 0 Å². The van der Waals surface area contributed by atoms with Gasteiger partial charge in [-0.3, -0.25) is 19.7 Å². The van der Waals surface area contributed by atoms with Gasteiger partial charge in [0.1, 0.15) is 18.3 Å². The predicted molar refractivity (Wildman–Crippen MR) is 86.9 cm³/mol. The summed E-state index contributed by atoms with van der Waals surface area (Å²) in [4.78, 5) is 37.7. The molecule has 1 aromatic carbocycles. The first kappa shape index (κ1) is 15.5. The second kappa shape index (κ2) is 6.12. The number of nitrogens with zero attached hydrogens (tertiary/aromatic N) is 4. The first-order valence-electron chi connectivity index (χ1n) is 8.22. The zero-order chi connectivity index (χ0) is 17.4. The maximum absolute atomic E-state index is 12.7. The molecule has 1 atom stereocenters. The monoisotopic (exact) mass is 339 g/mol. The van der Waals surface area contributed by atoms with Crippen LogP contribution in [0, 0.1) is 0 Å². The maximum atomic E-state index is 12.7. The molecule has 1 saturated heterocycles. The number of benzene rings is 1. The van der Waals surface area contributed by atoms with Gasteiger partial charge in [-0.1, -0.05) is 35.5 Å². The van der Waals surface area contributed by atoms with Crippen LogP contribution in [0.15, 0.2) is 36.5 Å². The Hall–Kier alpha value is -3.03. The predicted octanol–water partition coefficient (Wildman–Crippen LogP) is 0.351. The van der Waals surface area contributed by atoms with E-state index in [9.17, 15) is 14.4 Å². The van der Waals surface area contributed by atoms with Crippen LogP contribution >= 0.6 is 0 Å². The Labute approximate surface area is 143 Å². The Morgan fingerprint density at radius 2 is 2.00 bits per heavy atom. The Morgan fingerprint density at radius 1 is 1.24 bits per heavy atom. The molecule has 2 aromatic rings. The van der Waals surface area contributed by atoms with E-state index < -0.39 is 11.9 Å². The molecule has 8 nitrogen and oxygen atoms in total. The molecule has 2 fully saturated rings. The smallest absolute Gasteiger partial charge is 0.249 e. The fraction of sp³-hybridized carbons (Fsp3) is 0.353. The van der Waals surface area contributed by atoms with Crippen molar-refractivity contribution in [2.24, 2.45) is 0 Å². The number of imide groups is 1. The third-order valence-electron chi connectivity index (χ3n) is 4.41. The molecule has 0 bridgehead atoms. The average Bonchev–Trinajstić information content (AvgIpc) is 3.22. The number of carbonyl (C=O) groups is 3. The normalized spacial score (nSPS) is 19.8. The minimum absolute atomic E-state index is 0.00565. The SMILES string of the molecule is O=C1C[C@@H](N(C(=O)Cn2cc(-c3ccccc3)nn2)C2CC2)C(=O)N1. The minimum Gasteiger partial charge on any atom is -0.326 e. The lowest BCUT2D eigenvalue weighted by atomic mass is 10.2. The topological polar surface area (TPSA) is 97.2 Å². The summed E-state index contributed by atoms with van der Waals surface area (Å²) in [5, 5.41) is 10.4. The highest BCUT2D eigenvalue weighted by Gasteiger charge is 2.44. The molecule has 3 amide bonds. The van der Waals surface area contributed by atoms with Crippen molar-refractivity contribution in [3.8, 4) is 11.3 Å². The van der Waals surface area contributed by atoms with E-state index in [2.05, 4.69) is 15.6 Å². The van der Waals surface area contributed by atoms with Crippen LogP contribution in [0.5, 0.6) is 0 Å². The molecule has 1 saturated carbocycles. The quantitative estimate of drug-likeness (QED) is 0.793. The lowest BCUT2D eigenvalue weighted by Gasteiger charge is -2.26. The summed E-state index contributed by atoms with van der Waals surface area (Å²) in [6, 6.07) is 8.89. The highest BCUT2D eigenvalue weighted by atomic mass is 16.2. The van der Waals surface area contributed by atoms with Gasteiger partial charge < -0.3 is 4.90 Å². The van der Waals surface area contributed by atoms with E-state index in [4.69, 9.17) is 0 Å². The molecular weight excluding hydrogens is 322 g/mol. The summed E-state index contributed by atoms with van der Waals surface area (Å²) in [5.74, 6) is -0.948. The van der Waals surface area contributed by atoms with Gasteiger partial charge in [-0.15, -0.1) is 5.10 Å². The van der Waals surface area contributed by atoms with Crippen LogP contribution in [0.2, 0.25) is 0 Å². The van der Waals surface area contributed by atoms with Gasteiger partial charge in [-0.2, -0.15) is 0 Å². The lowest BCUT2D eigenvalue weighted by molar-refractivity contribution is -0.140. The molecule has 2 heterocycles. The highest BCUT2D eigenvalue weighted by Crippen LogP contribution is 2.31. The second-order valence-corrected chi connectivity index (χ2v) is 6.33. The number of amides is 3. The van der Waals surface area contributed by atoms with Crippen molar-refractivity contribution >= 4 is 17.7 Å². The standard InChI is InChI=1S/C17H17N5O3/c23-15-8-14(17(25)18-15)22(12-6-7-12)16(24)10-21-9-13(19-20-21)11-4-2-1-3-5-11/h1-5,9,12,14H,6-8,10H2,(H,18,23,25)/t14-/m1/s1. The largest absolute Gasteiger partial charge is 0.326 e. The molecule has 1 aromatic heterocycles. The Kier molecular flexibility index (Phi) is 3.79. The summed E-state index contributed by atoms with van der Waals surface area (Å²) < 4.78 is 1.47. The number of hydrogen-bond donors (Lipinski definition) is 1. The number of aromatic nitrogens is 3. The molecule has 2 aliphatic rings. The number of rotatable bonds is 5. The molecule has 0 spiro atoms. The van der Waals surface area contributed by atoms with Gasteiger partial charge in [-0.05, 0) is 12.8 Å². The van der Waals surface area contributed by atoms with Crippen molar-refractivity contribution in [2.75, 3.05) is 0 Å². The van der Waals surface area contributed by atoms with Gasteiger partial charge >= 0.3 is 0 Å². The van der Waals surface area contributed by atoms with Gasteiger partial charge in [0.05, 0.1) is 12.6 Å². The van der Waals surface area contributed by atoms with E-state index in [0.29, 0.717) is 5.69 Å². The van der Waals surface area contributed by atoms with Crippen molar-refractivity contribution in [3.05, 3.63) is 36.5 Å². The second-order valence-electron chi connectivity index (χ2n) is 6.33. The van der Waals surface area contributed by atoms with Crippen LogP contribution < -0.4 is 5.32 Å². The van der Waals surface area contributed by atoms with Crippen LogP contribution in [0.25, 0.3) is 11.3 Å². The molecule has 1 N–H and O–H groups in total. The minimum atomic E-state index is -0.704. The van der Waals surface area contributed by atoms with Gasteiger partial charge in [-0.25, -0.2) is 4.68 Å². The van der Waals surface area contributed by atoms with Crippen LogP contribution in [-0.2, 0) is 20.9 Å². The third kappa shape index (κ3) is 3.15. The van der Waals surface area contributed by atoms with Crippen molar-refractivity contribution in [1.82, 2.24) is 25.2 Å². The summed E-state index contributed by atoms with van der Waals surface area (Å²) in [5.41, 5.74) is 1.60. The summed E-state index contributed by atoms with van der Waals surface area (Å²) >= 11 is 0. The van der Waals surface area contributed by atoms with E-state index >= 15 is 0 Å². The molecule has 4 rings (SSSR count). The zero-order valence-electron chi connectivity index (χ0n) is 13.5. The first-order chi connectivity index (χ1) is 12.1. The lowest BCUT2D eigenvalue weighted by Crippen LogP contribution is -2.47. The third-order valence-corrected chi connectivity index (χ3v) is 4.41. The Bertz CT molecular complexity index is 828. The van der Waals surface area contributed by atoms with E-state index in [-0.39, 0.29) is 30.8 Å². The number of carbonyl (C=O) groups excluding carboxylic acids is 3. The van der Waals surface area contributed by atoms with Crippen LogP contribution in [-0.4, -0.2) is 49.7 Å². The number of nitrogens with one attached hydrogen (secondary N) is 1. The molecule has 128 valence electrons. The van der Waals surface area contributed by atoms with Crippen LogP contribution in [0.4, 0.5) is 0 Å². The molecule has 8 heteroatoms. The number of hydrogen-bond acceptors (Lipinski definition) is 5. The van der Waals surface area contributed by atoms with Crippen molar-refractivity contribution in [1.29, 1.82) is 0 Å². The van der Waals surface area contributed by atoms with Gasteiger partial charge in [0, 0.05) is 11.6 Å². The van der Waals surface area contributed by atoms with Crippen LogP contribution in [0.1, 0.15) is 19.3 Å². The molecule has 1 aliphatic heterocycles. The molecule has 1 aliphatic carbocycles. The fourth-order valence-electron chi connectivity index (χ4n) is 3.09. The van der Waals surface area contributed by atoms with E-state index in [1.807, 2.05) is 30.3 Å². The average molecular weight is 339 g/mol. The maximum Gasteiger partial charge on any atom is 0.249 e. The van der Waals surface area contributed by atoms with Gasteiger partial charge in [0.15, 0.2) is 0 Å². The first-order valence-corrected chi connectivity index (χ1v) is 8.22. The van der Waals surface area contributed by atoms with E-state index in [1.165, 1.54) is 4.68 Å². The summed E-state index contributed by atoms with van der Waals surface area (Å²) in [6.45, 7) is -0.00565. The molecular formula is C17H17N5O3. The van der Waals surface area contributed by atoms with Crippen molar-refractivity contribution in [2.45, 2.75) is 37.9 Å². The molecule has 0 radical (unpaired) electrons. The van der Waals surface area contributed by atoms with Crippen LogP contribution in [0.3, 0.4) is 0 Å².